The van der Waals surface area contributed by atoms with Crippen molar-refractivity contribution >= 4 is 10.8 Å². The van der Waals surface area contributed by atoms with E-state index in [1.165, 1.54) is 22.1 Å². The number of fused-ring (bicyclic) bond motifs is 2. The number of pyridine rings is 1. The van der Waals surface area contributed by atoms with Gasteiger partial charge in [0, 0.05) is 54.8 Å². The predicted molar refractivity (Wildman–Crippen MR) is 146 cm³/mol. The molecule has 9 atom stereocenters. The molecule has 1 unspecified atom stereocenters. The first kappa shape index (κ1) is 23.8. The Morgan fingerprint density at radius 1 is 1.11 bits per heavy atom. The van der Waals surface area contributed by atoms with E-state index in [-0.39, 0.29) is 29.3 Å². The third-order valence-corrected chi connectivity index (χ3v) is 11.6. The van der Waals surface area contributed by atoms with Crippen molar-refractivity contribution in [3.05, 3.63) is 65.5 Å². The lowest BCUT2D eigenvalue weighted by Gasteiger charge is -2.56. The van der Waals surface area contributed by atoms with Crippen LogP contribution in [0, 0.1) is 11.3 Å². The molecule has 6 heteroatoms. The molecule has 4 fully saturated rings. The fraction of sp³-hybridized carbons (Fsp3) is 0.594. The van der Waals surface area contributed by atoms with Gasteiger partial charge in [-0.05, 0) is 84.6 Å². The van der Waals surface area contributed by atoms with Crippen molar-refractivity contribution in [2.45, 2.75) is 93.3 Å². The number of aliphatic hydroxyl groups is 2. The van der Waals surface area contributed by atoms with Crippen molar-refractivity contribution in [2.75, 3.05) is 13.1 Å². The Hall–Kier alpha value is -2.09. The van der Waals surface area contributed by atoms with Gasteiger partial charge in [0.05, 0.1) is 11.7 Å². The molecular formula is C32H39N3O3. The number of ether oxygens (including phenoxy) is 1. The maximum Gasteiger partial charge on any atom is 0.118 e. The number of allylic oxidation sites excluding steroid dienone is 1. The molecule has 0 radical (unpaired) electrons. The molecule has 6 aliphatic rings. The van der Waals surface area contributed by atoms with Crippen molar-refractivity contribution in [2.24, 2.45) is 17.1 Å². The van der Waals surface area contributed by atoms with E-state index < -0.39 is 23.4 Å². The summed E-state index contributed by atoms with van der Waals surface area (Å²) in [5, 5.41) is 25.9. The number of likely N-dealkylation sites (tertiary alicyclic amines) is 1. The average molecular weight is 514 g/mol. The molecule has 4 N–H and O–H groups in total. The van der Waals surface area contributed by atoms with E-state index in [4.69, 9.17) is 10.5 Å². The van der Waals surface area contributed by atoms with Crippen LogP contribution in [-0.4, -0.2) is 68.7 Å². The Bertz CT molecular complexity index is 1370. The normalized spacial score (nSPS) is 45.9. The van der Waals surface area contributed by atoms with Crippen LogP contribution in [0.2, 0.25) is 0 Å². The maximum absolute atomic E-state index is 11.9. The van der Waals surface area contributed by atoms with Crippen molar-refractivity contribution < 1.29 is 14.9 Å². The van der Waals surface area contributed by atoms with Gasteiger partial charge in [-0.1, -0.05) is 31.2 Å². The predicted octanol–water partition coefficient (Wildman–Crippen LogP) is 3.82. The Labute approximate surface area is 224 Å². The van der Waals surface area contributed by atoms with Crippen LogP contribution >= 0.6 is 0 Å². The molecule has 8 rings (SSSR count). The molecule has 4 heterocycles. The van der Waals surface area contributed by atoms with Crippen molar-refractivity contribution in [3.8, 4) is 0 Å². The smallest absolute Gasteiger partial charge is 0.118 e. The summed E-state index contributed by atoms with van der Waals surface area (Å²) in [5.41, 5.74) is 8.85. The van der Waals surface area contributed by atoms with Gasteiger partial charge >= 0.3 is 0 Å². The average Bonchev–Trinajstić information content (AvgIpc) is 3.57. The van der Waals surface area contributed by atoms with Crippen LogP contribution in [0.15, 0.2) is 60.0 Å². The number of aromatic nitrogens is 1. The molecule has 3 aliphatic carbocycles. The molecule has 2 saturated heterocycles. The van der Waals surface area contributed by atoms with E-state index in [9.17, 15) is 10.2 Å². The molecule has 38 heavy (non-hydrogen) atoms. The summed E-state index contributed by atoms with van der Waals surface area (Å²) in [6.45, 7) is 4.19. The fourth-order valence-electron chi connectivity index (χ4n) is 9.82. The number of nitrogens with two attached hydrogens (primary N) is 1. The topological polar surface area (TPSA) is 91.8 Å². The number of hydrogen-bond donors (Lipinski definition) is 3. The molecule has 0 amide bonds. The molecule has 200 valence electrons. The maximum atomic E-state index is 11.9. The molecule has 1 aromatic carbocycles. The fourth-order valence-corrected chi connectivity index (χ4v) is 9.82. The van der Waals surface area contributed by atoms with Crippen molar-refractivity contribution in [3.63, 3.8) is 0 Å². The lowest BCUT2D eigenvalue weighted by atomic mass is 9.58. The van der Waals surface area contributed by atoms with Gasteiger partial charge in [-0.3, -0.25) is 9.88 Å². The Morgan fingerprint density at radius 3 is 2.82 bits per heavy atom. The summed E-state index contributed by atoms with van der Waals surface area (Å²) in [7, 11) is 0. The third kappa shape index (κ3) is 2.99. The van der Waals surface area contributed by atoms with Crippen molar-refractivity contribution in [1.82, 2.24) is 9.88 Å². The van der Waals surface area contributed by atoms with Crippen LogP contribution in [0.4, 0.5) is 0 Å². The molecule has 2 aromatic rings. The first-order valence-electron chi connectivity index (χ1n) is 14.7. The quantitative estimate of drug-likeness (QED) is 0.566. The van der Waals surface area contributed by atoms with Crippen LogP contribution < -0.4 is 5.73 Å². The minimum absolute atomic E-state index is 0.0323. The highest BCUT2D eigenvalue weighted by Gasteiger charge is 2.70. The molecule has 2 spiro atoms. The molecule has 2 bridgehead atoms. The first-order valence-corrected chi connectivity index (χ1v) is 14.7. The highest BCUT2D eigenvalue weighted by Crippen LogP contribution is 2.69. The van der Waals surface area contributed by atoms with Crippen LogP contribution in [0.25, 0.3) is 10.8 Å². The number of aliphatic hydroxyl groups excluding tert-OH is 2. The zero-order valence-electron chi connectivity index (χ0n) is 22.2. The summed E-state index contributed by atoms with van der Waals surface area (Å²) >= 11 is 0. The van der Waals surface area contributed by atoms with Crippen LogP contribution in [0.3, 0.4) is 0 Å². The molecule has 1 aromatic heterocycles. The Morgan fingerprint density at radius 2 is 1.97 bits per heavy atom. The van der Waals surface area contributed by atoms with Gasteiger partial charge in [0.15, 0.2) is 0 Å². The van der Waals surface area contributed by atoms with Crippen LogP contribution in [-0.2, 0) is 4.74 Å². The van der Waals surface area contributed by atoms with E-state index in [1.807, 2.05) is 18.5 Å². The summed E-state index contributed by atoms with van der Waals surface area (Å²) in [5.74, 6) is 0.231. The molecule has 2 saturated carbocycles. The summed E-state index contributed by atoms with van der Waals surface area (Å²) < 4.78 is 7.33. The summed E-state index contributed by atoms with van der Waals surface area (Å²) in [4.78, 5) is 6.75. The van der Waals surface area contributed by atoms with Crippen LogP contribution in [0.1, 0.15) is 63.4 Å². The van der Waals surface area contributed by atoms with Gasteiger partial charge in [0.25, 0.3) is 0 Å². The third-order valence-electron chi connectivity index (χ3n) is 11.6. The van der Waals surface area contributed by atoms with E-state index in [0.717, 1.165) is 63.4 Å². The van der Waals surface area contributed by atoms with E-state index >= 15 is 0 Å². The van der Waals surface area contributed by atoms with E-state index in [0.29, 0.717) is 0 Å². The molecule has 3 aliphatic heterocycles. The highest BCUT2D eigenvalue weighted by atomic mass is 16.5. The second kappa shape index (κ2) is 7.98. The van der Waals surface area contributed by atoms with E-state index in [2.05, 4.69) is 47.2 Å². The SMILES string of the molecule is C[C@]12CC=C3C=C4CC[C@@H](N5CC[C@@H](N)C5)[C@H](O)[C@]45CCC3(O5)[C@@H]1C[C@@H](O)[C@@H]2c1ccc2ccncc2c1. The minimum atomic E-state index is -0.608. The van der Waals surface area contributed by atoms with Crippen LogP contribution in [0.5, 0.6) is 0 Å². The number of benzene rings is 1. The summed E-state index contributed by atoms with van der Waals surface area (Å²) in [6, 6.07) is 8.94. The Balaban J connectivity index is 1.17. The van der Waals surface area contributed by atoms with Gasteiger partial charge in [0.2, 0.25) is 0 Å². The molecular weight excluding hydrogens is 474 g/mol. The molecule has 6 nitrogen and oxygen atoms in total. The van der Waals surface area contributed by atoms with Gasteiger partial charge in [-0.2, -0.15) is 0 Å². The van der Waals surface area contributed by atoms with Crippen molar-refractivity contribution in [1.29, 1.82) is 0 Å². The van der Waals surface area contributed by atoms with Gasteiger partial charge < -0.3 is 20.7 Å². The van der Waals surface area contributed by atoms with E-state index in [1.54, 1.807) is 0 Å². The first-order chi connectivity index (χ1) is 18.3. The standard InChI is InChI=1S/C32H39N3O3/c1-30-9-6-23-15-22-4-5-25(35-13-8-24(33)18-35)29(37)32(22)11-10-31(23,38-32)27(30)16-26(36)28(30)20-3-2-19-7-12-34-17-21(19)14-20/h2-3,6-7,12,14-15,17,24-29,36-37H,4-5,8-11,13,16,18,33H2,1H3/t24-,25-,26-,27-,28+,29+,30+,31?,32+/m1/s1. The Kier molecular flexibility index (Phi) is 4.99. The zero-order valence-corrected chi connectivity index (χ0v) is 22.2. The monoisotopic (exact) mass is 513 g/mol. The largest absolute Gasteiger partial charge is 0.392 e. The zero-order chi connectivity index (χ0) is 25.9. The van der Waals surface area contributed by atoms with Gasteiger partial charge in [0.1, 0.15) is 11.7 Å². The summed E-state index contributed by atoms with van der Waals surface area (Å²) in [6.07, 6.45) is 13.9. The lowest BCUT2D eigenvalue weighted by molar-refractivity contribution is -0.185. The number of hydrogen-bond acceptors (Lipinski definition) is 6. The highest BCUT2D eigenvalue weighted by molar-refractivity contribution is 5.82. The minimum Gasteiger partial charge on any atom is -0.392 e. The second-order valence-corrected chi connectivity index (χ2v) is 13.3. The lowest BCUT2D eigenvalue weighted by Crippen LogP contribution is -2.62. The van der Waals surface area contributed by atoms with Gasteiger partial charge in [-0.25, -0.2) is 0 Å². The second-order valence-electron chi connectivity index (χ2n) is 13.3. The van der Waals surface area contributed by atoms with Gasteiger partial charge in [-0.15, -0.1) is 0 Å². The number of nitrogens with zero attached hydrogens (tertiary/aromatic N) is 2. The number of rotatable bonds is 2.